The van der Waals surface area contributed by atoms with Gasteiger partial charge in [0.25, 0.3) is 0 Å². The van der Waals surface area contributed by atoms with Crippen LogP contribution in [0.2, 0.25) is 0 Å². The first-order valence-corrected chi connectivity index (χ1v) is 19.4. The number of carboxylic acids is 1. The zero-order chi connectivity index (χ0) is 33.7. The van der Waals surface area contributed by atoms with Crippen LogP contribution < -0.4 is 0 Å². The van der Waals surface area contributed by atoms with E-state index < -0.39 is 5.97 Å². The molecule has 0 heterocycles. The summed E-state index contributed by atoms with van der Waals surface area (Å²) in [6, 6.07) is 18.6. The summed E-state index contributed by atoms with van der Waals surface area (Å²) in [6.07, 6.45) is 25.7. The van der Waals surface area contributed by atoms with Gasteiger partial charge < -0.3 is 9.84 Å². The van der Waals surface area contributed by atoms with Crippen LogP contribution in [0.15, 0.2) is 48.5 Å². The van der Waals surface area contributed by atoms with Crippen molar-refractivity contribution in [2.24, 2.45) is 11.8 Å². The largest absolute Gasteiger partial charge is 0.481 e. The number of aryl methyl sites for hydroxylation is 2. The fraction of sp³-hybridized carbons (Fsp3) is 0.674. The maximum absolute atomic E-state index is 11.1. The van der Waals surface area contributed by atoms with E-state index >= 15 is 0 Å². The standard InChI is InChI=1S/C22H34O2.C21H32O2/c1-3-7-18-10-14-20(15-11-18)21-16-12-19(13-17-21)8-5-4-6-9-22(23)24-2;1-2-6-17-9-13-19(14-10-17)20-15-11-18(12-16-20)7-4-3-5-8-21(22)23/h12-13,16-18,20H,3-11,14-15H2,1-2H3;11-12,15-17,19H,2-10,13-14H2,1H3,(H,22,23). The van der Waals surface area contributed by atoms with Gasteiger partial charge in [0.15, 0.2) is 0 Å². The van der Waals surface area contributed by atoms with E-state index in [1.54, 1.807) is 5.56 Å². The number of benzene rings is 2. The van der Waals surface area contributed by atoms with E-state index in [4.69, 9.17) is 5.11 Å². The van der Waals surface area contributed by atoms with Crippen LogP contribution in [0.3, 0.4) is 0 Å². The molecule has 0 aromatic heterocycles. The van der Waals surface area contributed by atoms with Gasteiger partial charge in [-0.25, -0.2) is 0 Å². The van der Waals surface area contributed by atoms with E-state index in [0.29, 0.717) is 12.8 Å². The van der Waals surface area contributed by atoms with Gasteiger partial charge in [0.05, 0.1) is 7.11 Å². The zero-order valence-corrected chi connectivity index (χ0v) is 30.2. The normalized spacial score (nSPS) is 21.0. The van der Waals surface area contributed by atoms with Crippen LogP contribution >= 0.6 is 0 Å². The fourth-order valence-corrected chi connectivity index (χ4v) is 7.96. The van der Waals surface area contributed by atoms with Gasteiger partial charge in [0, 0.05) is 12.8 Å². The highest BCUT2D eigenvalue weighted by Crippen LogP contribution is 2.38. The summed E-state index contributed by atoms with van der Waals surface area (Å²) >= 11 is 0. The summed E-state index contributed by atoms with van der Waals surface area (Å²) in [4.78, 5) is 21.5. The van der Waals surface area contributed by atoms with Crippen LogP contribution in [0.4, 0.5) is 0 Å². The molecule has 47 heavy (non-hydrogen) atoms. The lowest BCUT2D eigenvalue weighted by atomic mass is 9.77. The molecule has 2 aliphatic carbocycles. The second kappa shape index (κ2) is 22.9. The van der Waals surface area contributed by atoms with E-state index in [-0.39, 0.29) is 5.97 Å². The number of hydrogen-bond donors (Lipinski definition) is 1. The molecule has 0 atom stereocenters. The van der Waals surface area contributed by atoms with Crippen LogP contribution in [0.1, 0.15) is 176 Å². The Hall–Kier alpha value is -2.62. The highest BCUT2D eigenvalue weighted by Gasteiger charge is 2.22. The van der Waals surface area contributed by atoms with Crippen LogP contribution in [0, 0.1) is 11.8 Å². The Balaban J connectivity index is 0.000000256. The topological polar surface area (TPSA) is 63.6 Å². The van der Waals surface area contributed by atoms with Gasteiger partial charge in [0.2, 0.25) is 0 Å². The summed E-state index contributed by atoms with van der Waals surface area (Å²) in [6.45, 7) is 4.60. The summed E-state index contributed by atoms with van der Waals surface area (Å²) in [5.74, 6) is 2.74. The molecule has 0 radical (unpaired) electrons. The molecule has 2 aliphatic rings. The van der Waals surface area contributed by atoms with Crippen molar-refractivity contribution in [1.29, 1.82) is 0 Å². The summed E-state index contributed by atoms with van der Waals surface area (Å²) in [5, 5.41) is 8.63. The van der Waals surface area contributed by atoms with E-state index in [1.807, 2.05) is 0 Å². The van der Waals surface area contributed by atoms with Crippen LogP contribution in [0.25, 0.3) is 0 Å². The molecule has 0 unspecified atom stereocenters. The second-order valence-corrected chi connectivity index (χ2v) is 14.6. The minimum Gasteiger partial charge on any atom is -0.481 e. The number of aliphatic carboxylic acids is 1. The van der Waals surface area contributed by atoms with Gasteiger partial charge in [-0.1, -0.05) is 101 Å². The number of carboxylic acid groups (broad SMARTS) is 1. The van der Waals surface area contributed by atoms with Gasteiger partial charge in [-0.3, -0.25) is 9.59 Å². The Labute approximate surface area is 287 Å². The molecule has 2 fully saturated rings. The molecule has 2 saturated carbocycles. The van der Waals surface area contributed by atoms with E-state index in [9.17, 15) is 9.59 Å². The van der Waals surface area contributed by atoms with Crippen LogP contribution in [0.5, 0.6) is 0 Å². The minimum atomic E-state index is -0.678. The van der Waals surface area contributed by atoms with Gasteiger partial charge in [0.1, 0.15) is 0 Å². The summed E-state index contributed by atoms with van der Waals surface area (Å²) in [5.41, 5.74) is 5.88. The first-order chi connectivity index (χ1) is 22.9. The third kappa shape index (κ3) is 15.4. The van der Waals surface area contributed by atoms with Gasteiger partial charge >= 0.3 is 11.9 Å². The molecule has 2 aromatic rings. The molecular formula is C43H66O4. The second-order valence-electron chi connectivity index (χ2n) is 14.6. The van der Waals surface area contributed by atoms with E-state index in [1.165, 1.54) is 101 Å². The van der Waals surface area contributed by atoms with E-state index in [2.05, 4.69) is 67.1 Å². The average molecular weight is 647 g/mol. The predicted molar refractivity (Wildman–Crippen MR) is 196 cm³/mol. The zero-order valence-electron chi connectivity index (χ0n) is 30.2. The predicted octanol–water partition coefficient (Wildman–Crippen LogP) is 12.0. The third-order valence-corrected chi connectivity index (χ3v) is 10.9. The van der Waals surface area contributed by atoms with Crippen molar-refractivity contribution >= 4 is 11.9 Å². The minimum absolute atomic E-state index is 0.0898. The molecular weight excluding hydrogens is 580 g/mol. The first-order valence-electron chi connectivity index (χ1n) is 19.4. The summed E-state index contributed by atoms with van der Waals surface area (Å²) in [7, 11) is 1.46. The maximum atomic E-state index is 11.1. The Kier molecular flexibility index (Phi) is 18.9. The lowest BCUT2D eigenvalue weighted by Gasteiger charge is -2.28. The van der Waals surface area contributed by atoms with Crippen molar-refractivity contribution in [3.05, 3.63) is 70.8 Å². The number of unbranched alkanes of at least 4 members (excludes halogenated alkanes) is 4. The Bertz CT molecular complexity index is 1110. The smallest absolute Gasteiger partial charge is 0.305 e. The van der Waals surface area contributed by atoms with Crippen molar-refractivity contribution in [2.45, 2.75) is 167 Å². The monoisotopic (exact) mass is 646 g/mol. The molecule has 4 rings (SSSR count). The average Bonchev–Trinajstić information content (AvgIpc) is 3.09. The molecule has 262 valence electrons. The molecule has 2 aromatic carbocycles. The number of ether oxygens (including phenoxy) is 1. The number of methoxy groups -OCH3 is 1. The van der Waals surface area contributed by atoms with Gasteiger partial charge in [-0.05, 0) is 136 Å². The van der Waals surface area contributed by atoms with Crippen LogP contribution in [-0.4, -0.2) is 24.2 Å². The fourth-order valence-electron chi connectivity index (χ4n) is 7.96. The Morgan fingerprint density at radius 1 is 0.596 bits per heavy atom. The van der Waals surface area contributed by atoms with E-state index in [0.717, 1.165) is 75.0 Å². The number of esters is 1. The van der Waals surface area contributed by atoms with Crippen molar-refractivity contribution in [2.75, 3.05) is 7.11 Å². The first kappa shape index (κ1) is 38.8. The van der Waals surface area contributed by atoms with Gasteiger partial charge in [-0.2, -0.15) is 0 Å². The number of carbonyl (C=O) groups is 2. The summed E-state index contributed by atoms with van der Waals surface area (Å²) < 4.78 is 4.67. The quantitative estimate of drug-likeness (QED) is 0.129. The Morgan fingerprint density at radius 3 is 1.36 bits per heavy atom. The molecule has 4 heteroatoms. The Morgan fingerprint density at radius 2 is 1.00 bits per heavy atom. The van der Waals surface area contributed by atoms with Crippen molar-refractivity contribution in [3.63, 3.8) is 0 Å². The van der Waals surface area contributed by atoms with Crippen molar-refractivity contribution in [1.82, 2.24) is 0 Å². The molecule has 0 spiro atoms. The van der Waals surface area contributed by atoms with Crippen molar-refractivity contribution < 1.29 is 19.4 Å². The van der Waals surface area contributed by atoms with Crippen LogP contribution in [-0.2, 0) is 27.2 Å². The molecule has 4 nitrogen and oxygen atoms in total. The van der Waals surface area contributed by atoms with Gasteiger partial charge in [-0.15, -0.1) is 0 Å². The molecule has 0 aliphatic heterocycles. The maximum Gasteiger partial charge on any atom is 0.305 e. The molecule has 0 saturated heterocycles. The number of carbonyl (C=O) groups excluding carboxylic acids is 1. The lowest BCUT2D eigenvalue weighted by molar-refractivity contribution is -0.141. The molecule has 1 N–H and O–H groups in total. The highest BCUT2D eigenvalue weighted by atomic mass is 16.5. The third-order valence-electron chi connectivity index (χ3n) is 10.9. The molecule has 0 amide bonds. The number of hydrogen-bond acceptors (Lipinski definition) is 3. The molecule has 0 bridgehead atoms. The SMILES string of the molecule is CCCC1CCC(c2ccc(CCCCCC(=O)O)cc2)CC1.CCCC1CCC(c2ccc(CCCCCC(=O)OC)cc2)CC1. The number of rotatable bonds is 18. The highest BCUT2D eigenvalue weighted by molar-refractivity contribution is 5.69. The lowest BCUT2D eigenvalue weighted by Crippen LogP contribution is -2.13. The van der Waals surface area contributed by atoms with Crippen molar-refractivity contribution in [3.8, 4) is 0 Å².